The van der Waals surface area contributed by atoms with Crippen LogP contribution in [0.1, 0.15) is 38.2 Å². The minimum Gasteiger partial charge on any atom is -0.383 e. The lowest BCUT2D eigenvalue weighted by molar-refractivity contribution is -0.127. The van der Waals surface area contributed by atoms with E-state index >= 15 is 0 Å². The molecule has 112 valence electrons. The zero-order valence-electron chi connectivity index (χ0n) is 12.1. The largest absolute Gasteiger partial charge is 0.383 e. The fourth-order valence-electron chi connectivity index (χ4n) is 3.35. The first-order valence-electron chi connectivity index (χ1n) is 7.49. The number of carbonyl (C=O) groups excluding carboxylic acids is 2. The Balaban J connectivity index is 2.02. The fourth-order valence-corrected chi connectivity index (χ4v) is 3.84. The third kappa shape index (κ3) is 2.71. The monoisotopic (exact) mass is 350 g/mol. The Morgan fingerprint density at radius 2 is 2.00 bits per heavy atom. The summed E-state index contributed by atoms with van der Waals surface area (Å²) in [6, 6.07) is 3.92. The van der Waals surface area contributed by atoms with E-state index in [1.165, 1.54) is 11.8 Å². The van der Waals surface area contributed by atoms with Crippen molar-refractivity contribution in [2.75, 3.05) is 16.8 Å². The summed E-state index contributed by atoms with van der Waals surface area (Å²) in [5.74, 6) is -0.264. The van der Waals surface area contributed by atoms with Gasteiger partial charge in [-0.3, -0.25) is 9.59 Å². The number of hydrogen-bond acceptors (Lipinski definition) is 3. The zero-order valence-corrected chi connectivity index (χ0v) is 13.7. The topological polar surface area (TPSA) is 49.4 Å². The standard InChI is InChI=1S/C16H19BrN2O2/c1-10(20)19(16(21)11-4-2-3-5-11)14-9-13(17)8-12-6-7-18-15(12)14/h8-9,11,18H,2-7H2,1H3. The van der Waals surface area contributed by atoms with Crippen LogP contribution in [0.3, 0.4) is 0 Å². The zero-order chi connectivity index (χ0) is 15.0. The Bertz CT molecular complexity index is 594. The fraction of sp³-hybridized carbons (Fsp3) is 0.500. The molecule has 0 bridgehead atoms. The molecule has 0 spiro atoms. The van der Waals surface area contributed by atoms with Gasteiger partial charge >= 0.3 is 0 Å². The van der Waals surface area contributed by atoms with Gasteiger partial charge in [-0.2, -0.15) is 0 Å². The van der Waals surface area contributed by atoms with Crippen LogP contribution < -0.4 is 10.2 Å². The van der Waals surface area contributed by atoms with Crippen molar-refractivity contribution in [1.82, 2.24) is 0 Å². The van der Waals surface area contributed by atoms with Crippen LogP contribution in [0.2, 0.25) is 0 Å². The van der Waals surface area contributed by atoms with Crippen molar-refractivity contribution in [3.05, 3.63) is 22.2 Å². The van der Waals surface area contributed by atoms with Crippen LogP contribution in [0.25, 0.3) is 0 Å². The van der Waals surface area contributed by atoms with Crippen LogP contribution in [0.15, 0.2) is 16.6 Å². The Hall–Kier alpha value is -1.36. The van der Waals surface area contributed by atoms with E-state index in [1.54, 1.807) is 0 Å². The average molecular weight is 351 g/mol. The molecule has 5 heteroatoms. The van der Waals surface area contributed by atoms with Crippen molar-refractivity contribution < 1.29 is 9.59 Å². The molecule has 1 aromatic rings. The van der Waals surface area contributed by atoms with E-state index in [4.69, 9.17) is 0 Å². The number of nitrogens with zero attached hydrogens (tertiary/aromatic N) is 1. The van der Waals surface area contributed by atoms with Gasteiger partial charge in [-0.25, -0.2) is 4.90 Å². The van der Waals surface area contributed by atoms with Crippen molar-refractivity contribution in [2.45, 2.75) is 39.0 Å². The summed E-state index contributed by atoms with van der Waals surface area (Å²) >= 11 is 3.49. The second-order valence-corrected chi connectivity index (χ2v) is 6.73. The number of amides is 2. The number of carbonyl (C=O) groups is 2. The van der Waals surface area contributed by atoms with E-state index in [0.717, 1.165) is 54.4 Å². The van der Waals surface area contributed by atoms with E-state index in [1.807, 2.05) is 6.07 Å². The summed E-state index contributed by atoms with van der Waals surface area (Å²) in [6.45, 7) is 2.32. The average Bonchev–Trinajstić information content (AvgIpc) is 3.08. The van der Waals surface area contributed by atoms with Crippen LogP contribution in [0.4, 0.5) is 11.4 Å². The Labute approximate surface area is 133 Å². The molecule has 1 aliphatic carbocycles. The summed E-state index contributed by atoms with van der Waals surface area (Å²) in [7, 11) is 0. The number of benzene rings is 1. The molecule has 2 amide bonds. The molecule has 3 rings (SSSR count). The van der Waals surface area contributed by atoms with Crippen LogP contribution in [0.5, 0.6) is 0 Å². The number of rotatable bonds is 2. The summed E-state index contributed by atoms with van der Waals surface area (Å²) in [5, 5.41) is 3.31. The molecule has 1 aliphatic heterocycles. The molecule has 1 heterocycles. The molecule has 0 radical (unpaired) electrons. The molecule has 4 nitrogen and oxygen atoms in total. The van der Waals surface area contributed by atoms with E-state index < -0.39 is 0 Å². The molecule has 1 aromatic carbocycles. The normalized spacial score (nSPS) is 17.4. The predicted molar refractivity (Wildman–Crippen MR) is 86.5 cm³/mol. The number of halogens is 1. The molecular weight excluding hydrogens is 332 g/mol. The first kappa shape index (κ1) is 14.6. The molecule has 1 saturated carbocycles. The van der Waals surface area contributed by atoms with Gasteiger partial charge in [-0.05, 0) is 37.0 Å². The molecule has 0 aromatic heterocycles. The van der Waals surface area contributed by atoms with Crippen molar-refractivity contribution >= 4 is 39.1 Å². The van der Waals surface area contributed by atoms with Gasteiger partial charge in [0.25, 0.3) is 0 Å². The predicted octanol–water partition coefficient (Wildman–Crippen LogP) is 3.49. The molecule has 0 atom stereocenters. The van der Waals surface area contributed by atoms with E-state index in [-0.39, 0.29) is 17.7 Å². The summed E-state index contributed by atoms with van der Waals surface area (Å²) in [4.78, 5) is 26.2. The van der Waals surface area contributed by atoms with Crippen LogP contribution >= 0.6 is 15.9 Å². The lowest BCUT2D eigenvalue weighted by atomic mass is 10.0. The van der Waals surface area contributed by atoms with Crippen molar-refractivity contribution in [3.63, 3.8) is 0 Å². The van der Waals surface area contributed by atoms with E-state index in [0.29, 0.717) is 5.69 Å². The molecule has 0 saturated heterocycles. The van der Waals surface area contributed by atoms with Crippen molar-refractivity contribution in [3.8, 4) is 0 Å². The van der Waals surface area contributed by atoms with Gasteiger partial charge in [-0.1, -0.05) is 28.8 Å². The molecular formula is C16H19BrN2O2. The lowest BCUT2D eigenvalue weighted by Gasteiger charge is -2.25. The first-order valence-corrected chi connectivity index (χ1v) is 8.28. The van der Waals surface area contributed by atoms with Gasteiger partial charge in [0.2, 0.25) is 11.8 Å². The summed E-state index contributed by atoms with van der Waals surface area (Å²) < 4.78 is 0.908. The Kier molecular flexibility index (Phi) is 4.02. The van der Waals surface area contributed by atoms with Crippen LogP contribution in [0, 0.1) is 5.92 Å². The lowest BCUT2D eigenvalue weighted by Crippen LogP contribution is -2.39. The molecule has 1 fully saturated rings. The van der Waals surface area contributed by atoms with Gasteiger partial charge in [0.1, 0.15) is 0 Å². The van der Waals surface area contributed by atoms with Crippen molar-refractivity contribution in [1.29, 1.82) is 0 Å². The van der Waals surface area contributed by atoms with Gasteiger partial charge in [0.05, 0.1) is 11.4 Å². The number of hydrogen-bond donors (Lipinski definition) is 1. The number of fused-ring (bicyclic) bond motifs is 1. The molecule has 2 aliphatic rings. The van der Waals surface area contributed by atoms with Gasteiger partial charge in [0, 0.05) is 23.9 Å². The highest BCUT2D eigenvalue weighted by Gasteiger charge is 2.33. The van der Waals surface area contributed by atoms with E-state index in [2.05, 4.69) is 27.3 Å². The Morgan fingerprint density at radius 3 is 2.67 bits per heavy atom. The number of nitrogens with one attached hydrogen (secondary N) is 1. The van der Waals surface area contributed by atoms with Crippen LogP contribution in [-0.4, -0.2) is 18.4 Å². The summed E-state index contributed by atoms with van der Waals surface area (Å²) in [5.41, 5.74) is 2.78. The number of imide groups is 1. The maximum absolute atomic E-state index is 12.8. The minimum atomic E-state index is -0.208. The number of anilines is 2. The molecule has 0 unspecified atom stereocenters. The highest BCUT2D eigenvalue weighted by Crippen LogP contribution is 2.38. The highest BCUT2D eigenvalue weighted by molar-refractivity contribution is 9.10. The minimum absolute atomic E-state index is 0.00932. The first-order chi connectivity index (χ1) is 10.1. The smallest absolute Gasteiger partial charge is 0.236 e. The summed E-state index contributed by atoms with van der Waals surface area (Å²) in [6.07, 6.45) is 4.87. The quantitative estimate of drug-likeness (QED) is 0.887. The highest BCUT2D eigenvalue weighted by atomic mass is 79.9. The maximum atomic E-state index is 12.8. The van der Waals surface area contributed by atoms with E-state index in [9.17, 15) is 9.59 Å². The van der Waals surface area contributed by atoms with Crippen molar-refractivity contribution in [2.24, 2.45) is 5.92 Å². The van der Waals surface area contributed by atoms with Gasteiger partial charge in [-0.15, -0.1) is 0 Å². The van der Waals surface area contributed by atoms with Gasteiger partial charge < -0.3 is 5.32 Å². The second kappa shape index (κ2) is 5.79. The Morgan fingerprint density at radius 1 is 1.29 bits per heavy atom. The molecule has 1 N–H and O–H groups in total. The van der Waals surface area contributed by atoms with Gasteiger partial charge in [0.15, 0.2) is 0 Å². The third-order valence-corrected chi connectivity index (χ3v) is 4.80. The van der Waals surface area contributed by atoms with Crippen LogP contribution in [-0.2, 0) is 16.0 Å². The third-order valence-electron chi connectivity index (χ3n) is 4.34. The second-order valence-electron chi connectivity index (χ2n) is 5.81. The molecule has 21 heavy (non-hydrogen) atoms. The maximum Gasteiger partial charge on any atom is 0.236 e. The SMILES string of the molecule is CC(=O)N(C(=O)C1CCCC1)c1cc(Br)cc2c1NCC2.